The fraction of sp³-hybridized carbons (Fsp3) is 0.304. The number of ether oxygens (including phenoxy) is 2. The lowest BCUT2D eigenvalue weighted by atomic mass is 10.1. The first-order chi connectivity index (χ1) is 17.1. The Balaban J connectivity index is 0.000000445. The molecule has 1 saturated heterocycles. The summed E-state index contributed by atoms with van der Waals surface area (Å²) in [6.07, 6.45) is -3.30. The molecule has 192 valence electrons. The van der Waals surface area contributed by atoms with E-state index < -0.39 is 22.1 Å². The number of sulfonamides is 1. The van der Waals surface area contributed by atoms with E-state index in [1.165, 1.54) is 18.5 Å². The largest absolute Gasteiger partial charge is 0.573 e. The number of morpholine rings is 1. The minimum Gasteiger partial charge on any atom is -0.508 e. The third-order valence-corrected chi connectivity index (χ3v) is 7.14. The van der Waals surface area contributed by atoms with E-state index in [1.54, 1.807) is 12.1 Å². The van der Waals surface area contributed by atoms with Gasteiger partial charge in [-0.3, -0.25) is 0 Å². The smallest absolute Gasteiger partial charge is 0.508 e. The van der Waals surface area contributed by atoms with Crippen LogP contribution >= 0.6 is 0 Å². The molecule has 2 aliphatic rings. The molecule has 9 nitrogen and oxygen atoms in total. The van der Waals surface area contributed by atoms with Gasteiger partial charge in [-0.2, -0.15) is 0 Å². The molecular weight excluding hydrogens is 501 g/mol. The van der Waals surface area contributed by atoms with Crippen LogP contribution in [0.2, 0.25) is 0 Å². The van der Waals surface area contributed by atoms with E-state index in [0.29, 0.717) is 23.2 Å². The minimum atomic E-state index is -4.87. The number of hydrogen-bond acceptors (Lipinski definition) is 8. The Kier molecular flexibility index (Phi) is 7.62. The Morgan fingerprint density at radius 1 is 1.06 bits per heavy atom. The first-order valence-corrected chi connectivity index (χ1v) is 12.4. The highest BCUT2D eigenvalue weighted by atomic mass is 32.2. The van der Waals surface area contributed by atoms with E-state index in [9.17, 15) is 26.7 Å². The number of phenolic OH excluding ortho intramolecular Hbond substituents is 1. The SMILES string of the molecule is C1COCCN1.O=S(=O)(c1ccc(OC(F)(F)F)cc1)N1CCc2c(-c3cccc(O)c3)ncnc21. The van der Waals surface area contributed by atoms with E-state index in [-0.39, 0.29) is 23.0 Å². The maximum absolute atomic E-state index is 13.1. The highest BCUT2D eigenvalue weighted by Gasteiger charge is 2.35. The van der Waals surface area contributed by atoms with Crippen LogP contribution in [-0.2, 0) is 21.2 Å². The minimum absolute atomic E-state index is 0.0449. The van der Waals surface area contributed by atoms with E-state index in [4.69, 9.17) is 4.74 Å². The Morgan fingerprint density at radius 2 is 1.78 bits per heavy atom. The summed E-state index contributed by atoms with van der Waals surface area (Å²) in [4.78, 5) is 8.14. The van der Waals surface area contributed by atoms with Crippen molar-refractivity contribution in [2.24, 2.45) is 0 Å². The number of halogens is 3. The number of nitrogens with one attached hydrogen (secondary N) is 1. The van der Waals surface area contributed by atoms with Crippen molar-refractivity contribution in [2.75, 3.05) is 37.2 Å². The summed E-state index contributed by atoms with van der Waals surface area (Å²) in [7, 11) is -4.06. The predicted octanol–water partition coefficient (Wildman–Crippen LogP) is 3.11. The summed E-state index contributed by atoms with van der Waals surface area (Å²) < 4.78 is 72.9. The number of nitrogens with zero attached hydrogens (tertiary/aromatic N) is 3. The molecule has 36 heavy (non-hydrogen) atoms. The molecule has 2 N–H and O–H groups in total. The molecule has 1 aromatic heterocycles. The van der Waals surface area contributed by atoms with Crippen molar-refractivity contribution in [1.82, 2.24) is 15.3 Å². The number of hydrogen-bond donors (Lipinski definition) is 2. The van der Waals surface area contributed by atoms with Gasteiger partial charge in [-0.05, 0) is 42.8 Å². The van der Waals surface area contributed by atoms with Gasteiger partial charge in [-0.25, -0.2) is 22.7 Å². The van der Waals surface area contributed by atoms with Crippen molar-refractivity contribution in [3.8, 4) is 22.8 Å². The summed E-state index contributed by atoms with van der Waals surface area (Å²) in [6.45, 7) is 3.93. The molecule has 3 heterocycles. The molecular formula is C23H23F3N4O5S. The summed E-state index contributed by atoms with van der Waals surface area (Å²) in [5.41, 5.74) is 1.72. The van der Waals surface area contributed by atoms with Crippen LogP contribution in [0.25, 0.3) is 11.3 Å². The van der Waals surface area contributed by atoms with Gasteiger partial charge < -0.3 is 19.9 Å². The average molecular weight is 525 g/mol. The monoisotopic (exact) mass is 524 g/mol. The van der Waals surface area contributed by atoms with Gasteiger partial charge in [0, 0.05) is 30.8 Å². The van der Waals surface area contributed by atoms with Crippen molar-refractivity contribution in [1.29, 1.82) is 0 Å². The number of rotatable bonds is 4. The van der Waals surface area contributed by atoms with Gasteiger partial charge in [0.15, 0.2) is 0 Å². The number of benzene rings is 2. The van der Waals surface area contributed by atoms with Crippen LogP contribution in [0.4, 0.5) is 19.0 Å². The van der Waals surface area contributed by atoms with Crippen LogP contribution in [0.15, 0.2) is 59.8 Å². The molecule has 3 aromatic rings. The second-order valence-corrected chi connectivity index (χ2v) is 9.65. The number of aromatic hydroxyl groups is 1. The fourth-order valence-corrected chi connectivity index (χ4v) is 5.21. The van der Waals surface area contributed by atoms with E-state index in [2.05, 4.69) is 20.0 Å². The number of fused-ring (bicyclic) bond motifs is 1. The summed E-state index contributed by atoms with van der Waals surface area (Å²) in [6, 6.07) is 10.4. The molecule has 2 aromatic carbocycles. The third kappa shape index (κ3) is 6.04. The van der Waals surface area contributed by atoms with Gasteiger partial charge in [0.2, 0.25) is 0 Å². The van der Waals surface area contributed by atoms with E-state index in [0.717, 1.165) is 54.9 Å². The Morgan fingerprint density at radius 3 is 2.36 bits per heavy atom. The maximum atomic E-state index is 13.1. The lowest BCUT2D eigenvalue weighted by molar-refractivity contribution is -0.274. The fourth-order valence-electron chi connectivity index (χ4n) is 3.76. The highest BCUT2D eigenvalue weighted by Crippen LogP contribution is 2.37. The predicted molar refractivity (Wildman–Crippen MR) is 124 cm³/mol. The first kappa shape index (κ1) is 25.7. The standard InChI is InChI=1S/C19H14F3N3O4S.C4H9NO/c20-19(21,22)29-14-4-6-15(7-5-14)30(27,28)25-9-8-16-17(23-11-24-18(16)25)12-2-1-3-13(26)10-12;1-3-6-4-2-5-1/h1-7,10-11,26H,8-9H2;5H,1-4H2. The molecule has 1 fully saturated rings. The molecule has 0 aliphatic carbocycles. The van der Waals surface area contributed by atoms with Gasteiger partial charge in [0.1, 0.15) is 23.6 Å². The summed E-state index contributed by atoms with van der Waals surface area (Å²) in [5, 5.41) is 12.9. The zero-order valence-corrected chi connectivity index (χ0v) is 19.7. The first-order valence-electron chi connectivity index (χ1n) is 11.0. The second kappa shape index (κ2) is 10.7. The van der Waals surface area contributed by atoms with Crippen LogP contribution in [0.5, 0.6) is 11.5 Å². The maximum Gasteiger partial charge on any atom is 0.573 e. The Bertz CT molecular complexity index is 1290. The number of alkyl halides is 3. The van der Waals surface area contributed by atoms with Crippen molar-refractivity contribution in [3.63, 3.8) is 0 Å². The molecule has 2 aliphatic heterocycles. The molecule has 0 saturated carbocycles. The number of anilines is 1. The third-order valence-electron chi connectivity index (χ3n) is 5.34. The average Bonchev–Trinajstić information content (AvgIpc) is 3.30. The zero-order chi connectivity index (χ0) is 25.8. The lowest BCUT2D eigenvalue weighted by Gasteiger charge is -2.19. The molecule has 5 rings (SSSR count). The van der Waals surface area contributed by atoms with E-state index in [1.807, 2.05) is 0 Å². The molecule has 0 unspecified atom stereocenters. The molecule has 0 spiro atoms. The second-order valence-electron chi connectivity index (χ2n) is 7.78. The van der Waals surface area contributed by atoms with Gasteiger partial charge in [-0.15, -0.1) is 13.2 Å². The van der Waals surface area contributed by atoms with E-state index >= 15 is 0 Å². The Hall–Kier alpha value is -3.42. The van der Waals surface area contributed by atoms with Crippen molar-refractivity contribution >= 4 is 15.8 Å². The van der Waals surface area contributed by atoms with Crippen LogP contribution in [0.1, 0.15) is 5.56 Å². The number of phenols is 1. The summed E-state index contributed by atoms with van der Waals surface area (Å²) >= 11 is 0. The lowest BCUT2D eigenvalue weighted by Crippen LogP contribution is -2.30. The highest BCUT2D eigenvalue weighted by molar-refractivity contribution is 7.92. The van der Waals surface area contributed by atoms with Gasteiger partial charge in [0.25, 0.3) is 10.0 Å². The zero-order valence-electron chi connectivity index (χ0n) is 18.9. The van der Waals surface area contributed by atoms with Crippen molar-refractivity contribution in [2.45, 2.75) is 17.7 Å². The normalized spacial score (nSPS) is 15.6. The quantitative estimate of drug-likeness (QED) is 0.535. The topological polar surface area (TPSA) is 114 Å². The van der Waals surface area contributed by atoms with Crippen LogP contribution in [0.3, 0.4) is 0 Å². The molecule has 13 heteroatoms. The summed E-state index contributed by atoms with van der Waals surface area (Å²) in [5.74, 6) is -0.278. The molecule has 0 atom stereocenters. The van der Waals surface area contributed by atoms with Gasteiger partial charge in [0.05, 0.1) is 23.8 Å². The van der Waals surface area contributed by atoms with Gasteiger partial charge >= 0.3 is 6.36 Å². The van der Waals surface area contributed by atoms with Crippen molar-refractivity contribution in [3.05, 3.63) is 60.4 Å². The number of aromatic nitrogens is 2. The van der Waals surface area contributed by atoms with Gasteiger partial charge in [-0.1, -0.05) is 12.1 Å². The molecule has 0 radical (unpaired) electrons. The Labute approximate surface area is 205 Å². The van der Waals surface area contributed by atoms with Crippen LogP contribution < -0.4 is 14.4 Å². The molecule has 0 amide bonds. The van der Waals surface area contributed by atoms with Crippen LogP contribution in [0, 0.1) is 0 Å². The van der Waals surface area contributed by atoms with Crippen LogP contribution in [-0.4, -0.2) is 62.7 Å². The van der Waals surface area contributed by atoms with Crippen molar-refractivity contribution < 1.29 is 36.2 Å². The molecule has 0 bridgehead atoms.